The van der Waals surface area contributed by atoms with Gasteiger partial charge in [-0.05, 0) is 60.2 Å². The van der Waals surface area contributed by atoms with Crippen LogP contribution in [0.15, 0.2) is 34.4 Å². The van der Waals surface area contributed by atoms with Crippen molar-refractivity contribution in [1.82, 2.24) is 0 Å². The SMILES string of the molecule is CC.CC12CCC3=C(COC3=O)C1CC1OC13C(=O)C(CCCO)=CC=C23. The van der Waals surface area contributed by atoms with Crippen LogP contribution < -0.4 is 0 Å². The highest BCUT2D eigenvalue weighted by atomic mass is 16.6. The zero-order valence-corrected chi connectivity index (χ0v) is 16.3. The van der Waals surface area contributed by atoms with Gasteiger partial charge in [0.15, 0.2) is 11.4 Å². The van der Waals surface area contributed by atoms with Gasteiger partial charge in [0.1, 0.15) is 12.7 Å². The first-order valence-electron chi connectivity index (χ1n) is 10.2. The average molecular weight is 372 g/mol. The normalized spacial score (nSPS) is 38.4. The fourth-order valence-corrected chi connectivity index (χ4v) is 5.57. The second-order valence-corrected chi connectivity index (χ2v) is 8.06. The maximum atomic E-state index is 13.1. The molecular weight excluding hydrogens is 344 g/mol. The lowest BCUT2D eigenvalue weighted by molar-refractivity contribution is -0.136. The molecule has 0 bridgehead atoms. The molecule has 4 unspecified atom stereocenters. The van der Waals surface area contributed by atoms with Gasteiger partial charge in [-0.25, -0.2) is 4.79 Å². The van der Waals surface area contributed by atoms with E-state index >= 15 is 0 Å². The highest BCUT2D eigenvalue weighted by Gasteiger charge is 2.73. The molecule has 146 valence electrons. The number of cyclic esters (lactones) is 1. The molecule has 4 atom stereocenters. The molecule has 3 aliphatic carbocycles. The Labute approximate surface area is 160 Å². The summed E-state index contributed by atoms with van der Waals surface area (Å²) in [6.07, 6.45) is 7.45. The van der Waals surface area contributed by atoms with Crippen LogP contribution in [-0.4, -0.2) is 41.8 Å². The largest absolute Gasteiger partial charge is 0.458 e. The smallest absolute Gasteiger partial charge is 0.334 e. The predicted molar refractivity (Wildman–Crippen MR) is 99.9 cm³/mol. The standard InChI is InChI=1S/C20H22O5.C2H6/c1-19-7-6-12-13(10-24-18(12)23)14(19)9-16-20(25-16)15(19)5-4-11(17(20)22)3-2-8-21;1-2/h4-5,14,16,21H,2-3,6-10H2,1H3;1-2H3. The van der Waals surface area contributed by atoms with E-state index in [2.05, 4.69) is 13.0 Å². The van der Waals surface area contributed by atoms with Gasteiger partial charge in [-0.3, -0.25) is 4.79 Å². The van der Waals surface area contributed by atoms with Crippen molar-refractivity contribution in [1.29, 1.82) is 0 Å². The van der Waals surface area contributed by atoms with E-state index in [1.54, 1.807) is 0 Å². The molecule has 0 aromatic carbocycles. The third-order valence-corrected chi connectivity index (χ3v) is 6.95. The molecule has 2 aliphatic heterocycles. The van der Waals surface area contributed by atoms with E-state index in [0.717, 1.165) is 35.1 Å². The van der Waals surface area contributed by atoms with Gasteiger partial charge in [0, 0.05) is 12.2 Å². The van der Waals surface area contributed by atoms with Gasteiger partial charge in [-0.1, -0.05) is 32.9 Å². The van der Waals surface area contributed by atoms with Crippen LogP contribution in [0.3, 0.4) is 0 Å². The van der Waals surface area contributed by atoms with Crippen molar-refractivity contribution in [3.63, 3.8) is 0 Å². The molecule has 0 aromatic rings. The second-order valence-electron chi connectivity index (χ2n) is 8.06. The quantitative estimate of drug-likeness (QED) is 0.609. The Morgan fingerprint density at radius 1 is 1.26 bits per heavy atom. The molecule has 1 saturated carbocycles. The van der Waals surface area contributed by atoms with Gasteiger partial charge >= 0.3 is 5.97 Å². The monoisotopic (exact) mass is 372 g/mol. The van der Waals surface area contributed by atoms with Crippen molar-refractivity contribution in [3.05, 3.63) is 34.4 Å². The fraction of sp³-hybridized carbons (Fsp3) is 0.636. The van der Waals surface area contributed by atoms with E-state index in [4.69, 9.17) is 14.6 Å². The number of Topliss-reactive ketones (excluding diaryl/α,β-unsaturated/α-hetero) is 1. The van der Waals surface area contributed by atoms with Crippen molar-refractivity contribution in [3.8, 4) is 0 Å². The molecule has 5 heteroatoms. The molecular formula is C22H28O5. The van der Waals surface area contributed by atoms with E-state index in [1.807, 2.05) is 19.9 Å². The number of esters is 1. The van der Waals surface area contributed by atoms with Gasteiger partial charge in [0.2, 0.25) is 0 Å². The predicted octanol–water partition coefficient (Wildman–Crippen LogP) is 3.03. The molecule has 1 N–H and O–H groups in total. The lowest BCUT2D eigenvalue weighted by Gasteiger charge is -2.48. The third kappa shape index (κ3) is 2.37. The molecule has 5 rings (SSSR count). The van der Waals surface area contributed by atoms with Crippen molar-refractivity contribution >= 4 is 11.8 Å². The van der Waals surface area contributed by atoms with Crippen LogP contribution >= 0.6 is 0 Å². The summed E-state index contributed by atoms with van der Waals surface area (Å²) in [7, 11) is 0. The van der Waals surface area contributed by atoms with Gasteiger partial charge in [0.05, 0.1) is 0 Å². The Morgan fingerprint density at radius 2 is 2.04 bits per heavy atom. The number of aliphatic hydroxyl groups excluding tert-OH is 1. The molecule has 0 aromatic heterocycles. The Kier molecular flexibility index (Phi) is 4.43. The van der Waals surface area contributed by atoms with Crippen molar-refractivity contribution in [2.75, 3.05) is 13.2 Å². The minimum atomic E-state index is -0.772. The van der Waals surface area contributed by atoms with Gasteiger partial charge in [-0.2, -0.15) is 0 Å². The zero-order chi connectivity index (χ0) is 19.4. The number of hydrogen-bond donors (Lipinski definition) is 1. The van der Waals surface area contributed by atoms with Crippen LogP contribution in [0.1, 0.15) is 52.9 Å². The Morgan fingerprint density at radius 3 is 2.78 bits per heavy atom. The summed E-state index contributed by atoms with van der Waals surface area (Å²) in [4.78, 5) is 25.1. The highest BCUT2D eigenvalue weighted by molar-refractivity contribution is 6.08. The summed E-state index contributed by atoms with van der Waals surface area (Å²) < 4.78 is 11.3. The highest BCUT2D eigenvalue weighted by Crippen LogP contribution is 2.67. The van der Waals surface area contributed by atoms with Crippen molar-refractivity contribution in [2.45, 2.75) is 64.6 Å². The molecule has 0 radical (unpaired) electrons. The maximum absolute atomic E-state index is 13.1. The van der Waals surface area contributed by atoms with Crippen LogP contribution in [-0.2, 0) is 19.1 Å². The van der Waals surface area contributed by atoms with Crippen molar-refractivity contribution in [2.24, 2.45) is 11.3 Å². The number of carbonyl (C=O) groups is 2. The second kappa shape index (κ2) is 6.42. The first-order valence-corrected chi connectivity index (χ1v) is 10.2. The number of rotatable bonds is 3. The van der Waals surface area contributed by atoms with E-state index in [0.29, 0.717) is 25.9 Å². The number of ketones is 1. The van der Waals surface area contributed by atoms with Gasteiger partial charge in [0.25, 0.3) is 0 Å². The number of fused-ring (bicyclic) bond motifs is 3. The van der Waals surface area contributed by atoms with Gasteiger partial charge < -0.3 is 14.6 Å². The lowest BCUT2D eigenvalue weighted by atomic mass is 9.52. The molecule has 1 spiro atoms. The van der Waals surface area contributed by atoms with Crippen LogP contribution in [0.2, 0.25) is 0 Å². The minimum absolute atomic E-state index is 0.0849. The zero-order valence-electron chi connectivity index (χ0n) is 16.3. The first kappa shape index (κ1) is 18.6. The Bertz CT molecular complexity index is 789. The average Bonchev–Trinajstić information content (AvgIpc) is 3.28. The van der Waals surface area contributed by atoms with Crippen molar-refractivity contribution < 1.29 is 24.2 Å². The molecule has 0 amide bonds. The molecule has 2 fully saturated rings. The van der Waals surface area contributed by atoms with Crippen LogP contribution in [0, 0.1) is 11.3 Å². The summed E-state index contributed by atoms with van der Waals surface area (Å²) >= 11 is 0. The Balaban J connectivity index is 0.000000872. The summed E-state index contributed by atoms with van der Waals surface area (Å²) in [6.45, 7) is 6.70. The molecule has 5 aliphatic rings. The number of ether oxygens (including phenoxy) is 2. The molecule has 1 saturated heterocycles. The van der Waals surface area contributed by atoms with E-state index in [9.17, 15) is 9.59 Å². The Hall–Kier alpha value is -1.72. The number of allylic oxidation sites excluding steroid dienone is 2. The lowest BCUT2D eigenvalue weighted by Crippen LogP contribution is -2.49. The molecule has 2 heterocycles. The summed E-state index contributed by atoms with van der Waals surface area (Å²) in [5.41, 5.74) is 2.91. The minimum Gasteiger partial charge on any atom is -0.458 e. The van der Waals surface area contributed by atoms with E-state index in [-0.39, 0.29) is 35.8 Å². The number of hydrogen-bond acceptors (Lipinski definition) is 5. The topological polar surface area (TPSA) is 76.1 Å². The summed E-state index contributed by atoms with van der Waals surface area (Å²) in [5, 5.41) is 9.06. The maximum Gasteiger partial charge on any atom is 0.334 e. The van der Waals surface area contributed by atoms with E-state index in [1.165, 1.54) is 0 Å². The first-order chi connectivity index (χ1) is 13.0. The van der Waals surface area contributed by atoms with Crippen LogP contribution in [0.25, 0.3) is 0 Å². The van der Waals surface area contributed by atoms with Crippen LogP contribution in [0.4, 0.5) is 0 Å². The van der Waals surface area contributed by atoms with E-state index < -0.39 is 5.60 Å². The molecule has 27 heavy (non-hydrogen) atoms. The fourth-order valence-electron chi connectivity index (χ4n) is 5.57. The number of epoxide rings is 1. The summed E-state index contributed by atoms with van der Waals surface area (Å²) in [6, 6.07) is 0. The third-order valence-electron chi connectivity index (χ3n) is 6.95. The number of carbonyl (C=O) groups excluding carboxylic acids is 2. The van der Waals surface area contributed by atoms with Gasteiger partial charge in [-0.15, -0.1) is 0 Å². The summed E-state index contributed by atoms with van der Waals surface area (Å²) in [5.74, 6) is 0.141. The molecule has 5 nitrogen and oxygen atoms in total. The number of aliphatic hydroxyl groups is 1. The van der Waals surface area contributed by atoms with Crippen LogP contribution in [0.5, 0.6) is 0 Å².